The van der Waals surface area contributed by atoms with Gasteiger partial charge >= 0.3 is 6.09 Å². The number of nitrogens with one attached hydrogen (secondary N) is 1. The number of carbonyl (C=O) groups excluding carboxylic acids is 1. The fourth-order valence-corrected chi connectivity index (χ4v) is 1.79. The van der Waals surface area contributed by atoms with E-state index in [4.69, 9.17) is 4.74 Å². The van der Waals surface area contributed by atoms with Crippen LogP contribution in [0.5, 0.6) is 0 Å². The molecule has 1 amide bonds. The van der Waals surface area contributed by atoms with Crippen LogP contribution >= 0.6 is 0 Å². The topological polar surface area (TPSA) is 64.1 Å². The molecule has 0 aliphatic carbocycles. The number of ether oxygens (including phenoxy) is 1. The van der Waals surface area contributed by atoms with Crippen molar-refractivity contribution in [3.8, 4) is 11.3 Å². The van der Waals surface area contributed by atoms with E-state index in [0.717, 1.165) is 5.56 Å². The summed E-state index contributed by atoms with van der Waals surface area (Å²) in [7, 11) is 0. The summed E-state index contributed by atoms with van der Waals surface area (Å²) < 4.78 is 5.26. The van der Waals surface area contributed by atoms with Gasteiger partial charge in [0.1, 0.15) is 11.4 Å². The third kappa shape index (κ3) is 4.27. The Morgan fingerprint density at radius 2 is 1.86 bits per heavy atom. The number of aromatic nitrogens is 2. The van der Waals surface area contributed by atoms with Crippen LogP contribution in [0.1, 0.15) is 26.6 Å². The number of carbonyl (C=O) groups is 1. The molecular formula is C16H19N3O2. The van der Waals surface area contributed by atoms with Crippen LogP contribution in [0.2, 0.25) is 0 Å². The van der Waals surface area contributed by atoms with Gasteiger partial charge in [0.25, 0.3) is 0 Å². The average molecular weight is 285 g/mol. The number of rotatable bonds is 2. The van der Waals surface area contributed by atoms with Crippen molar-refractivity contribution in [1.29, 1.82) is 0 Å². The Morgan fingerprint density at radius 1 is 1.19 bits per heavy atom. The maximum Gasteiger partial charge on any atom is 0.412 e. The number of aryl methyl sites for hydroxylation is 1. The first kappa shape index (κ1) is 15.0. The average Bonchev–Trinajstić information content (AvgIpc) is 2.40. The SMILES string of the molecule is Cc1ncc(NC(=O)OC(C)(C)C)c(-c2ccccc2)n1. The molecule has 1 N–H and O–H groups in total. The predicted molar refractivity (Wildman–Crippen MR) is 82.1 cm³/mol. The molecule has 0 atom stereocenters. The molecule has 21 heavy (non-hydrogen) atoms. The van der Waals surface area contributed by atoms with Crippen molar-refractivity contribution in [1.82, 2.24) is 9.97 Å². The molecule has 0 bridgehead atoms. The Morgan fingerprint density at radius 3 is 2.48 bits per heavy atom. The molecule has 1 aromatic heterocycles. The van der Waals surface area contributed by atoms with Crippen LogP contribution in [0, 0.1) is 6.92 Å². The smallest absolute Gasteiger partial charge is 0.412 e. The van der Waals surface area contributed by atoms with E-state index in [0.29, 0.717) is 17.2 Å². The van der Waals surface area contributed by atoms with Crippen LogP contribution in [-0.4, -0.2) is 21.7 Å². The van der Waals surface area contributed by atoms with E-state index in [9.17, 15) is 4.79 Å². The summed E-state index contributed by atoms with van der Waals surface area (Å²) in [5.41, 5.74) is 1.56. The summed E-state index contributed by atoms with van der Waals surface area (Å²) >= 11 is 0. The van der Waals surface area contributed by atoms with Gasteiger partial charge in [-0.1, -0.05) is 30.3 Å². The highest BCUT2D eigenvalue weighted by Crippen LogP contribution is 2.25. The molecule has 2 rings (SSSR count). The fraction of sp³-hybridized carbons (Fsp3) is 0.312. The number of anilines is 1. The first-order valence-electron chi connectivity index (χ1n) is 6.74. The first-order chi connectivity index (χ1) is 9.85. The number of hydrogen-bond acceptors (Lipinski definition) is 4. The Hall–Kier alpha value is -2.43. The van der Waals surface area contributed by atoms with Crippen molar-refractivity contribution in [3.63, 3.8) is 0 Å². The molecule has 5 heteroatoms. The lowest BCUT2D eigenvalue weighted by molar-refractivity contribution is 0.0636. The molecule has 0 spiro atoms. The highest BCUT2D eigenvalue weighted by molar-refractivity contribution is 5.90. The van der Waals surface area contributed by atoms with E-state index in [1.807, 2.05) is 58.0 Å². The third-order valence-corrected chi connectivity index (χ3v) is 2.59. The minimum Gasteiger partial charge on any atom is -0.444 e. The van der Waals surface area contributed by atoms with Crippen LogP contribution in [-0.2, 0) is 4.74 Å². The normalized spacial score (nSPS) is 11.0. The minimum atomic E-state index is -0.553. The summed E-state index contributed by atoms with van der Waals surface area (Å²) in [5, 5.41) is 2.71. The summed E-state index contributed by atoms with van der Waals surface area (Å²) in [6, 6.07) is 9.64. The van der Waals surface area contributed by atoms with Gasteiger partial charge in [-0.05, 0) is 27.7 Å². The second-order valence-corrected chi connectivity index (χ2v) is 5.67. The zero-order chi connectivity index (χ0) is 15.5. The molecule has 5 nitrogen and oxygen atoms in total. The molecule has 1 heterocycles. The van der Waals surface area contributed by atoms with E-state index in [1.165, 1.54) is 0 Å². The number of benzene rings is 1. The molecule has 0 saturated heterocycles. The lowest BCUT2D eigenvalue weighted by Crippen LogP contribution is -2.27. The molecular weight excluding hydrogens is 266 g/mol. The van der Waals surface area contributed by atoms with Crippen molar-refractivity contribution >= 4 is 11.8 Å². The molecule has 0 fully saturated rings. The molecule has 0 saturated carbocycles. The van der Waals surface area contributed by atoms with Gasteiger partial charge in [0.2, 0.25) is 0 Å². The summed E-state index contributed by atoms with van der Waals surface area (Å²) in [5.74, 6) is 0.642. The molecule has 0 unspecified atom stereocenters. The lowest BCUT2D eigenvalue weighted by atomic mass is 10.1. The van der Waals surface area contributed by atoms with Crippen molar-refractivity contribution in [2.24, 2.45) is 0 Å². The highest BCUT2D eigenvalue weighted by atomic mass is 16.6. The molecule has 0 radical (unpaired) electrons. The fourth-order valence-electron chi connectivity index (χ4n) is 1.79. The second kappa shape index (κ2) is 5.91. The van der Waals surface area contributed by atoms with E-state index in [-0.39, 0.29) is 0 Å². The van der Waals surface area contributed by atoms with Crippen LogP contribution in [0.4, 0.5) is 10.5 Å². The number of nitrogens with zero attached hydrogens (tertiary/aromatic N) is 2. The van der Waals surface area contributed by atoms with Crippen molar-refractivity contribution in [2.75, 3.05) is 5.32 Å². The quantitative estimate of drug-likeness (QED) is 0.911. The number of amides is 1. The molecule has 0 aliphatic rings. The van der Waals surface area contributed by atoms with Gasteiger partial charge in [-0.2, -0.15) is 0 Å². The van der Waals surface area contributed by atoms with Gasteiger partial charge in [0.15, 0.2) is 0 Å². The summed E-state index contributed by atoms with van der Waals surface area (Å²) in [6.45, 7) is 7.26. The highest BCUT2D eigenvalue weighted by Gasteiger charge is 2.18. The van der Waals surface area contributed by atoms with Gasteiger partial charge in [-0.25, -0.2) is 14.8 Å². The minimum absolute atomic E-state index is 0.521. The van der Waals surface area contributed by atoms with Crippen molar-refractivity contribution in [2.45, 2.75) is 33.3 Å². The second-order valence-electron chi connectivity index (χ2n) is 5.67. The van der Waals surface area contributed by atoms with Gasteiger partial charge in [0.05, 0.1) is 17.6 Å². The van der Waals surface area contributed by atoms with Gasteiger partial charge in [-0.3, -0.25) is 5.32 Å². The largest absolute Gasteiger partial charge is 0.444 e. The van der Waals surface area contributed by atoms with Crippen LogP contribution in [0.15, 0.2) is 36.5 Å². The van der Waals surface area contributed by atoms with Crippen LogP contribution in [0.25, 0.3) is 11.3 Å². The molecule has 110 valence electrons. The molecule has 0 aliphatic heterocycles. The Kier molecular flexibility index (Phi) is 4.21. The Labute approximate surface area is 124 Å². The predicted octanol–water partition coefficient (Wildman–Crippen LogP) is 3.80. The molecule has 1 aromatic carbocycles. The van der Waals surface area contributed by atoms with E-state index < -0.39 is 11.7 Å². The first-order valence-corrected chi connectivity index (χ1v) is 6.74. The number of hydrogen-bond donors (Lipinski definition) is 1. The zero-order valence-corrected chi connectivity index (χ0v) is 12.7. The zero-order valence-electron chi connectivity index (χ0n) is 12.7. The van der Waals surface area contributed by atoms with Crippen LogP contribution in [0.3, 0.4) is 0 Å². The molecule has 2 aromatic rings. The lowest BCUT2D eigenvalue weighted by Gasteiger charge is -2.20. The van der Waals surface area contributed by atoms with E-state index >= 15 is 0 Å². The van der Waals surface area contributed by atoms with Crippen molar-refractivity contribution < 1.29 is 9.53 Å². The van der Waals surface area contributed by atoms with Gasteiger partial charge < -0.3 is 4.74 Å². The summed E-state index contributed by atoms with van der Waals surface area (Å²) in [4.78, 5) is 20.5. The Bertz CT molecular complexity index is 634. The third-order valence-electron chi connectivity index (χ3n) is 2.59. The van der Waals surface area contributed by atoms with Crippen LogP contribution < -0.4 is 5.32 Å². The van der Waals surface area contributed by atoms with E-state index in [1.54, 1.807) is 6.20 Å². The van der Waals surface area contributed by atoms with Crippen molar-refractivity contribution in [3.05, 3.63) is 42.4 Å². The van der Waals surface area contributed by atoms with Gasteiger partial charge in [-0.15, -0.1) is 0 Å². The maximum atomic E-state index is 11.9. The van der Waals surface area contributed by atoms with E-state index in [2.05, 4.69) is 15.3 Å². The monoisotopic (exact) mass is 285 g/mol. The standard InChI is InChI=1S/C16H19N3O2/c1-11-17-10-13(19-15(20)21-16(2,3)4)14(18-11)12-8-6-5-7-9-12/h5-10H,1-4H3,(H,19,20). The Balaban J connectivity index is 2.30. The van der Waals surface area contributed by atoms with Gasteiger partial charge in [0, 0.05) is 5.56 Å². The maximum absolute atomic E-state index is 11.9. The summed E-state index contributed by atoms with van der Waals surface area (Å²) in [6.07, 6.45) is 1.07.